The summed E-state index contributed by atoms with van der Waals surface area (Å²) in [4.78, 5) is 14.5. The Balaban J connectivity index is 2.48. The van der Waals surface area contributed by atoms with Crippen molar-refractivity contribution in [3.63, 3.8) is 0 Å². The van der Waals surface area contributed by atoms with E-state index in [2.05, 4.69) is 16.7 Å². The van der Waals surface area contributed by atoms with Crippen LogP contribution in [0.1, 0.15) is 11.8 Å². The third-order valence-corrected chi connectivity index (χ3v) is 2.49. The minimum Gasteiger partial charge on any atom is -0.454 e. The molecule has 0 spiro atoms. The normalized spacial score (nSPS) is 11.8. The predicted molar refractivity (Wildman–Crippen MR) is 66.5 cm³/mol. The second-order valence-electron chi connectivity index (χ2n) is 3.40. The first-order valence-corrected chi connectivity index (χ1v) is 5.51. The summed E-state index contributed by atoms with van der Waals surface area (Å²) in [5, 5.41) is 4.43. The summed E-state index contributed by atoms with van der Waals surface area (Å²) >= 11 is 5.89. The Morgan fingerprint density at radius 1 is 1.56 bits per heavy atom. The van der Waals surface area contributed by atoms with E-state index in [1.54, 1.807) is 29.2 Å². The van der Waals surface area contributed by atoms with Crippen molar-refractivity contribution >= 4 is 18.1 Å². The highest BCUT2D eigenvalue weighted by molar-refractivity contribution is 6.29. The van der Waals surface area contributed by atoms with Crippen molar-refractivity contribution in [3.05, 3.63) is 54.1 Å². The molecule has 6 heteroatoms. The van der Waals surface area contributed by atoms with Gasteiger partial charge in [-0.3, -0.25) is 9.78 Å². The highest BCUT2D eigenvalue weighted by Crippen LogP contribution is 2.24. The van der Waals surface area contributed by atoms with Gasteiger partial charge in [0.1, 0.15) is 0 Å². The Hall–Kier alpha value is -2.14. The maximum absolute atomic E-state index is 10.5. The van der Waals surface area contributed by atoms with Gasteiger partial charge in [0.05, 0.1) is 17.6 Å². The van der Waals surface area contributed by atoms with Crippen molar-refractivity contribution in [2.24, 2.45) is 0 Å². The number of carbonyl (C=O) groups is 1. The molecule has 0 fully saturated rings. The number of carbonyl (C=O) groups excluding carboxylic acids is 1. The topological polar surface area (TPSA) is 57.0 Å². The van der Waals surface area contributed by atoms with E-state index in [1.807, 2.05) is 6.07 Å². The van der Waals surface area contributed by atoms with Gasteiger partial charge >= 0.3 is 0 Å². The fourth-order valence-electron chi connectivity index (χ4n) is 1.56. The smallest absolute Gasteiger partial charge is 0.294 e. The molecule has 0 N–H and O–H groups in total. The van der Waals surface area contributed by atoms with Gasteiger partial charge < -0.3 is 4.74 Å². The Kier molecular flexibility index (Phi) is 3.74. The molecule has 92 valence electrons. The minimum absolute atomic E-state index is 0.301. The molecule has 2 heterocycles. The standard InChI is InChI=1S/C12H10ClN3O2/c1-2-11(18-8-17)10-6-12(13)15-16(10)9-4-3-5-14-7-9/h2-8,11H,1H2. The van der Waals surface area contributed by atoms with Crippen LogP contribution in [0.15, 0.2) is 43.2 Å². The van der Waals surface area contributed by atoms with Gasteiger partial charge in [0.15, 0.2) is 11.3 Å². The van der Waals surface area contributed by atoms with Gasteiger partial charge in [-0.25, -0.2) is 4.68 Å². The van der Waals surface area contributed by atoms with Crippen LogP contribution in [0.25, 0.3) is 5.69 Å². The third-order valence-electron chi connectivity index (χ3n) is 2.31. The number of pyridine rings is 1. The van der Waals surface area contributed by atoms with Gasteiger partial charge in [-0.2, -0.15) is 5.10 Å². The van der Waals surface area contributed by atoms with Gasteiger partial charge in [0.25, 0.3) is 6.47 Å². The van der Waals surface area contributed by atoms with Gasteiger partial charge in [-0.05, 0) is 18.2 Å². The Labute approximate surface area is 109 Å². The van der Waals surface area contributed by atoms with Crippen LogP contribution in [0, 0.1) is 0 Å². The number of hydrogen-bond acceptors (Lipinski definition) is 4. The van der Waals surface area contributed by atoms with Crippen LogP contribution in [-0.4, -0.2) is 21.2 Å². The van der Waals surface area contributed by atoms with Gasteiger partial charge in [0, 0.05) is 12.3 Å². The fourth-order valence-corrected chi connectivity index (χ4v) is 1.75. The summed E-state index contributed by atoms with van der Waals surface area (Å²) < 4.78 is 6.47. The summed E-state index contributed by atoms with van der Waals surface area (Å²) in [5.41, 5.74) is 1.33. The highest BCUT2D eigenvalue weighted by Gasteiger charge is 2.17. The average molecular weight is 264 g/mol. The lowest BCUT2D eigenvalue weighted by molar-refractivity contribution is -0.132. The van der Waals surface area contributed by atoms with Gasteiger partial charge in [-0.15, -0.1) is 0 Å². The van der Waals surface area contributed by atoms with Crippen molar-refractivity contribution in [2.75, 3.05) is 0 Å². The maximum Gasteiger partial charge on any atom is 0.294 e. The molecule has 1 atom stereocenters. The third kappa shape index (κ3) is 2.41. The SMILES string of the molecule is C=CC(OC=O)c1cc(Cl)nn1-c1cccnc1. The maximum atomic E-state index is 10.5. The van der Waals surface area contributed by atoms with Crippen LogP contribution in [0.2, 0.25) is 5.15 Å². The summed E-state index contributed by atoms with van der Waals surface area (Å²) in [7, 11) is 0. The van der Waals surface area contributed by atoms with Crippen molar-refractivity contribution in [2.45, 2.75) is 6.10 Å². The largest absolute Gasteiger partial charge is 0.454 e. The van der Waals surface area contributed by atoms with Crippen LogP contribution >= 0.6 is 11.6 Å². The molecule has 18 heavy (non-hydrogen) atoms. The van der Waals surface area contributed by atoms with Crippen molar-refractivity contribution in [3.8, 4) is 5.69 Å². The van der Waals surface area contributed by atoms with Crippen LogP contribution in [0.5, 0.6) is 0 Å². The number of halogens is 1. The molecular formula is C12H10ClN3O2. The van der Waals surface area contributed by atoms with Crippen molar-refractivity contribution in [1.29, 1.82) is 0 Å². The van der Waals surface area contributed by atoms with E-state index in [1.165, 1.54) is 6.08 Å². The minimum atomic E-state index is -0.609. The lowest BCUT2D eigenvalue weighted by atomic mass is 10.2. The monoisotopic (exact) mass is 263 g/mol. The molecule has 2 aromatic heterocycles. The number of aromatic nitrogens is 3. The van der Waals surface area contributed by atoms with E-state index in [0.717, 1.165) is 5.69 Å². The number of hydrogen-bond donors (Lipinski definition) is 0. The second kappa shape index (κ2) is 5.46. The molecule has 0 aliphatic rings. The van der Waals surface area contributed by atoms with Crippen LogP contribution in [0.3, 0.4) is 0 Å². The predicted octanol–water partition coefficient (Wildman–Crippen LogP) is 2.32. The first-order valence-electron chi connectivity index (χ1n) is 5.13. The van der Waals surface area contributed by atoms with Crippen LogP contribution in [-0.2, 0) is 9.53 Å². The average Bonchev–Trinajstić information content (AvgIpc) is 2.79. The second-order valence-corrected chi connectivity index (χ2v) is 3.79. The molecule has 0 aliphatic heterocycles. The Morgan fingerprint density at radius 3 is 3.00 bits per heavy atom. The zero-order chi connectivity index (χ0) is 13.0. The van der Waals surface area contributed by atoms with Crippen molar-refractivity contribution in [1.82, 2.24) is 14.8 Å². The highest BCUT2D eigenvalue weighted by atomic mass is 35.5. The molecular weight excluding hydrogens is 254 g/mol. The molecule has 0 saturated carbocycles. The molecule has 0 bridgehead atoms. The van der Waals surface area contributed by atoms with E-state index in [9.17, 15) is 4.79 Å². The number of ether oxygens (including phenoxy) is 1. The van der Waals surface area contributed by atoms with Crippen LogP contribution < -0.4 is 0 Å². The zero-order valence-electron chi connectivity index (χ0n) is 9.36. The summed E-state index contributed by atoms with van der Waals surface area (Å²) in [6.45, 7) is 3.98. The molecule has 0 aliphatic carbocycles. The molecule has 1 unspecified atom stereocenters. The molecule has 0 saturated heterocycles. The van der Waals surface area contributed by atoms with Crippen molar-refractivity contribution < 1.29 is 9.53 Å². The lowest BCUT2D eigenvalue weighted by Crippen LogP contribution is -2.08. The summed E-state index contributed by atoms with van der Waals surface area (Å²) in [6, 6.07) is 5.21. The van der Waals surface area contributed by atoms with E-state index < -0.39 is 6.10 Å². The summed E-state index contributed by atoms with van der Waals surface area (Å²) in [6.07, 6.45) is 4.17. The van der Waals surface area contributed by atoms with E-state index >= 15 is 0 Å². The Bertz CT molecular complexity index is 554. The van der Waals surface area contributed by atoms with E-state index in [-0.39, 0.29) is 0 Å². The lowest BCUT2D eigenvalue weighted by Gasteiger charge is -2.12. The number of nitrogens with zero attached hydrogens (tertiary/aromatic N) is 3. The zero-order valence-corrected chi connectivity index (χ0v) is 10.1. The molecule has 0 amide bonds. The quantitative estimate of drug-likeness (QED) is 0.614. The van der Waals surface area contributed by atoms with Gasteiger partial charge in [0.2, 0.25) is 0 Å². The fraction of sp³-hybridized carbons (Fsp3) is 0.0833. The van der Waals surface area contributed by atoms with Crippen LogP contribution in [0.4, 0.5) is 0 Å². The molecule has 5 nitrogen and oxygen atoms in total. The molecule has 0 aromatic carbocycles. The Morgan fingerprint density at radius 2 is 2.39 bits per heavy atom. The molecule has 2 aromatic rings. The first-order chi connectivity index (χ1) is 8.76. The molecule has 2 rings (SSSR count). The van der Waals surface area contributed by atoms with E-state index in [0.29, 0.717) is 17.3 Å². The molecule has 0 radical (unpaired) electrons. The van der Waals surface area contributed by atoms with Gasteiger partial charge in [-0.1, -0.05) is 18.2 Å². The summed E-state index contributed by atoms with van der Waals surface area (Å²) in [5.74, 6) is 0. The van der Waals surface area contributed by atoms with E-state index in [4.69, 9.17) is 16.3 Å². The number of rotatable bonds is 5. The first kappa shape index (κ1) is 12.3.